The second-order valence-corrected chi connectivity index (χ2v) is 4.36. The van der Waals surface area contributed by atoms with Crippen LogP contribution in [0, 0.1) is 6.92 Å². The molecule has 0 atom stereocenters. The number of thiazole rings is 1. The summed E-state index contributed by atoms with van der Waals surface area (Å²) in [7, 11) is 1.62. The van der Waals surface area contributed by atoms with Gasteiger partial charge in [0, 0.05) is 11.6 Å². The van der Waals surface area contributed by atoms with Gasteiger partial charge in [-0.1, -0.05) is 22.9 Å². The molecule has 1 aromatic carbocycles. The quantitative estimate of drug-likeness (QED) is 0.817. The molecule has 0 amide bonds. The first kappa shape index (κ1) is 9.55. The standard InChI is InChI=1S/C9H9ClN2OS/c1-4-5(13-2)3-6-8(7(4)10)12-9(11)14-6/h3H,1-2H3,(H2,11,12). The summed E-state index contributed by atoms with van der Waals surface area (Å²) in [6, 6.07) is 1.91. The largest absolute Gasteiger partial charge is 0.496 e. The third-order valence-corrected chi connectivity index (χ3v) is 3.35. The first-order valence-corrected chi connectivity index (χ1v) is 5.22. The predicted molar refractivity (Wildman–Crippen MR) is 60.3 cm³/mol. The summed E-state index contributed by atoms with van der Waals surface area (Å²) in [5.41, 5.74) is 7.26. The molecule has 0 fully saturated rings. The van der Waals surface area contributed by atoms with E-state index in [0.29, 0.717) is 10.2 Å². The summed E-state index contributed by atoms with van der Waals surface area (Å²) in [4.78, 5) is 4.16. The van der Waals surface area contributed by atoms with Crippen LogP contribution in [0.5, 0.6) is 5.75 Å². The Labute approximate surface area is 90.5 Å². The molecule has 74 valence electrons. The fourth-order valence-corrected chi connectivity index (χ4v) is 2.40. The van der Waals surface area contributed by atoms with Crippen molar-refractivity contribution in [2.75, 3.05) is 12.8 Å². The average molecular weight is 229 g/mol. The number of hydrogen-bond acceptors (Lipinski definition) is 4. The molecule has 3 nitrogen and oxygen atoms in total. The maximum absolute atomic E-state index is 6.13. The number of ether oxygens (including phenoxy) is 1. The second-order valence-electron chi connectivity index (χ2n) is 2.92. The van der Waals surface area contributed by atoms with E-state index in [9.17, 15) is 0 Å². The highest BCUT2D eigenvalue weighted by Gasteiger charge is 2.12. The van der Waals surface area contributed by atoms with E-state index in [1.54, 1.807) is 7.11 Å². The number of methoxy groups -OCH3 is 1. The third-order valence-electron chi connectivity index (χ3n) is 2.06. The fourth-order valence-electron chi connectivity index (χ4n) is 1.33. The normalized spacial score (nSPS) is 10.8. The van der Waals surface area contributed by atoms with Gasteiger partial charge in [-0.25, -0.2) is 4.98 Å². The number of hydrogen-bond donors (Lipinski definition) is 1. The van der Waals surface area contributed by atoms with Crippen LogP contribution in [-0.4, -0.2) is 12.1 Å². The van der Waals surface area contributed by atoms with Gasteiger partial charge < -0.3 is 10.5 Å². The molecule has 0 saturated heterocycles. The van der Waals surface area contributed by atoms with Crippen molar-refractivity contribution in [2.24, 2.45) is 0 Å². The van der Waals surface area contributed by atoms with Gasteiger partial charge in [0.15, 0.2) is 5.13 Å². The first-order chi connectivity index (χ1) is 6.63. The van der Waals surface area contributed by atoms with E-state index in [0.717, 1.165) is 21.5 Å². The highest BCUT2D eigenvalue weighted by molar-refractivity contribution is 7.22. The first-order valence-electron chi connectivity index (χ1n) is 4.02. The lowest BCUT2D eigenvalue weighted by atomic mass is 10.2. The van der Waals surface area contributed by atoms with Crippen LogP contribution in [0.15, 0.2) is 6.07 Å². The van der Waals surface area contributed by atoms with Gasteiger partial charge >= 0.3 is 0 Å². The van der Waals surface area contributed by atoms with Crippen LogP contribution in [-0.2, 0) is 0 Å². The number of nitrogen functional groups attached to an aromatic ring is 1. The zero-order valence-electron chi connectivity index (χ0n) is 7.80. The van der Waals surface area contributed by atoms with Gasteiger partial charge in [0.25, 0.3) is 0 Å². The van der Waals surface area contributed by atoms with E-state index in [1.165, 1.54) is 11.3 Å². The van der Waals surface area contributed by atoms with Crippen molar-refractivity contribution in [2.45, 2.75) is 6.92 Å². The number of aromatic nitrogens is 1. The molecule has 0 bridgehead atoms. The summed E-state index contributed by atoms with van der Waals surface area (Å²) in [6.07, 6.45) is 0. The summed E-state index contributed by atoms with van der Waals surface area (Å²) >= 11 is 7.54. The van der Waals surface area contributed by atoms with Gasteiger partial charge in [0.2, 0.25) is 0 Å². The van der Waals surface area contributed by atoms with Gasteiger partial charge in [-0.15, -0.1) is 0 Å². The van der Waals surface area contributed by atoms with Crippen molar-refractivity contribution >= 4 is 38.3 Å². The Hall–Kier alpha value is -1.00. The van der Waals surface area contributed by atoms with Gasteiger partial charge in [-0.3, -0.25) is 0 Å². The lowest BCUT2D eigenvalue weighted by Gasteiger charge is -2.05. The Morgan fingerprint density at radius 1 is 1.57 bits per heavy atom. The van der Waals surface area contributed by atoms with Crippen molar-refractivity contribution in [1.29, 1.82) is 0 Å². The number of nitrogens with zero attached hydrogens (tertiary/aromatic N) is 1. The highest BCUT2D eigenvalue weighted by Crippen LogP contribution is 2.37. The molecule has 2 aromatic rings. The molecule has 0 radical (unpaired) electrons. The summed E-state index contributed by atoms with van der Waals surface area (Å²) in [5.74, 6) is 0.770. The summed E-state index contributed by atoms with van der Waals surface area (Å²) in [5, 5.41) is 1.14. The molecular weight excluding hydrogens is 220 g/mol. The topological polar surface area (TPSA) is 48.1 Å². The minimum atomic E-state index is 0.523. The van der Waals surface area contributed by atoms with E-state index in [-0.39, 0.29) is 0 Å². The Bertz CT molecular complexity index is 495. The molecule has 0 aliphatic carbocycles. The molecule has 14 heavy (non-hydrogen) atoms. The van der Waals surface area contributed by atoms with Crippen molar-refractivity contribution in [1.82, 2.24) is 4.98 Å². The zero-order chi connectivity index (χ0) is 10.3. The molecular formula is C9H9ClN2OS. The zero-order valence-corrected chi connectivity index (χ0v) is 9.37. The number of benzene rings is 1. The second kappa shape index (κ2) is 3.29. The molecule has 0 saturated carbocycles. The van der Waals surface area contributed by atoms with Crippen LogP contribution >= 0.6 is 22.9 Å². The SMILES string of the molecule is COc1cc2sc(N)nc2c(Cl)c1C. The lowest BCUT2D eigenvalue weighted by Crippen LogP contribution is -1.88. The molecule has 0 aliphatic heterocycles. The molecule has 0 aliphatic rings. The number of halogens is 1. The maximum atomic E-state index is 6.13. The molecule has 0 unspecified atom stereocenters. The van der Waals surface area contributed by atoms with Gasteiger partial charge in [0.1, 0.15) is 11.3 Å². The molecule has 1 aromatic heterocycles. The predicted octanol–water partition coefficient (Wildman–Crippen LogP) is 2.85. The van der Waals surface area contributed by atoms with E-state index in [1.807, 2.05) is 13.0 Å². The van der Waals surface area contributed by atoms with Gasteiger partial charge in [-0.05, 0) is 6.92 Å². The van der Waals surface area contributed by atoms with Crippen LogP contribution in [0.2, 0.25) is 5.02 Å². The number of anilines is 1. The van der Waals surface area contributed by atoms with Crippen LogP contribution in [0.25, 0.3) is 10.2 Å². The van der Waals surface area contributed by atoms with Crippen LogP contribution in [0.1, 0.15) is 5.56 Å². The Kier molecular flexibility index (Phi) is 2.25. The van der Waals surface area contributed by atoms with E-state index in [4.69, 9.17) is 22.1 Å². The van der Waals surface area contributed by atoms with E-state index < -0.39 is 0 Å². The minimum Gasteiger partial charge on any atom is -0.496 e. The monoisotopic (exact) mass is 228 g/mol. The third kappa shape index (κ3) is 1.31. The molecule has 5 heteroatoms. The van der Waals surface area contributed by atoms with E-state index >= 15 is 0 Å². The lowest BCUT2D eigenvalue weighted by molar-refractivity contribution is 0.412. The van der Waals surface area contributed by atoms with E-state index in [2.05, 4.69) is 4.98 Å². The van der Waals surface area contributed by atoms with Crippen molar-refractivity contribution in [3.05, 3.63) is 16.7 Å². The van der Waals surface area contributed by atoms with Crippen LogP contribution < -0.4 is 10.5 Å². The van der Waals surface area contributed by atoms with Gasteiger partial charge in [0.05, 0.1) is 16.8 Å². The van der Waals surface area contributed by atoms with Crippen molar-refractivity contribution < 1.29 is 4.74 Å². The number of rotatable bonds is 1. The highest BCUT2D eigenvalue weighted by atomic mass is 35.5. The molecule has 2 N–H and O–H groups in total. The van der Waals surface area contributed by atoms with Crippen molar-refractivity contribution in [3.63, 3.8) is 0 Å². The average Bonchev–Trinajstić information content (AvgIpc) is 2.52. The van der Waals surface area contributed by atoms with Crippen LogP contribution in [0.3, 0.4) is 0 Å². The molecule has 0 spiro atoms. The number of nitrogens with two attached hydrogens (primary N) is 1. The number of fused-ring (bicyclic) bond motifs is 1. The Balaban J connectivity index is 2.84. The van der Waals surface area contributed by atoms with Crippen LogP contribution in [0.4, 0.5) is 5.13 Å². The minimum absolute atomic E-state index is 0.523. The van der Waals surface area contributed by atoms with Crippen molar-refractivity contribution in [3.8, 4) is 5.75 Å². The summed E-state index contributed by atoms with van der Waals surface area (Å²) < 4.78 is 6.15. The smallest absolute Gasteiger partial charge is 0.181 e. The van der Waals surface area contributed by atoms with Gasteiger partial charge in [-0.2, -0.15) is 0 Å². The summed E-state index contributed by atoms with van der Waals surface area (Å²) in [6.45, 7) is 1.90. The molecule has 1 heterocycles. The molecule has 2 rings (SSSR count). The Morgan fingerprint density at radius 3 is 2.93 bits per heavy atom. The fraction of sp³-hybridized carbons (Fsp3) is 0.222. The Morgan fingerprint density at radius 2 is 2.29 bits per heavy atom. The maximum Gasteiger partial charge on any atom is 0.181 e.